The molecule has 1 unspecified atom stereocenters. The first-order valence-electron chi connectivity index (χ1n) is 5.28. The molecule has 1 aromatic rings. The van der Waals surface area contributed by atoms with Gasteiger partial charge in [0.15, 0.2) is 0 Å². The second kappa shape index (κ2) is 4.03. The summed E-state index contributed by atoms with van der Waals surface area (Å²) in [6.07, 6.45) is 1.01. The fourth-order valence-electron chi connectivity index (χ4n) is 2.03. The van der Waals surface area contributed by atoms with Gasteiger partial charge in [-0.3, -0.25) is 9.69 Å². The number of nitrogens with zero attached hydrogens (tertiary/aromatic N) is 1. The minimum atomic E-state index is -0.241. The largest absolute Gasteiger partial charge is 0.368 e. The Morgan fingerprint density at radius 1 is 1.40 bits per heavy atom. The topological polar surface area (TPSA) is 46.3 Å². The third kappa shape index (κ3) is 2.02. The smallest absolute Gasteiger partial charge is 0.234 e. The van der Waals surface area contributed by atoms with Crippen molar-refractivity contribution in [1.82, 2.24) is 4.90 Å². The first kappa shape index (κ1) is 10.2. The van der Waals surface area contributed by atoms with Crippen LogP contribution >= 0.6 is 0 Å². The maximum atomic E-state index is 11.1. The SMILES string of the molecule is CC(C(N)=O)N1CCc2ccccc2C1. The molecule has 1 aliphatic heterocycles. The molecule has 0 aliphatic carbocycles. The molecule has 0 aromatic heterocycles. The highest BCUT2D eigenvalue weighted by Gasteiger charge is 2.23. The number of amides is 1. The van der Waals surface area contributed by atoms with E-state index in [2.05, 4.69) is 23.1 Å². The third-order valence-corrected chi connectivity index (χ3v) is 3.12. The van der Waals surface area contributed by atoms with E-state index in [0.29, 0.717) is 0 Å². The summed E-state index contributed by atoms with van der Waals surface area (Å²) >= 11 is 0. The second-order valence-corrected chi connectivity index (χ2v) is 4.07. The molecule has 0 bridgehead atoms. The molecular weight excluding hydrogens is 188 g/mol. The molecule has 2 rings (SSSR count). The van der Waals surface area contributed by atoms with E-state index >= 15 is 0 Å². The van der Waals surface area contributed by atoms with Gasteiger partial charge < -0.3 is 5.73 Å². The van der Waals surface area contributed by atoms with Crippen LogP contribution in [-0.4, -0.2) is 23.4 Å². The number of rotatable bonds is 2. The summed E-state index contributed by atoms with van der Waals surface area (Å²) in [6.45, 7) is 3.62. The predicted molar refractivity (Wildman–Crippen MR) is 59.2 cm³/mol. The molecule has 80 valence electrons. The van der Waals surface area contributed by atoms with E-state index < -0.39 is 0 Å². The lowest BCUT2D eigenvalue weighted by Crippen LogP contribution is -2.44. The van der Waals surface area contributed by atoms with E-state index in [1.165, 1.54) is 11.1 Å². The molecule has 1 heterocycles. The average Bonchev–Trinajstić information content (AvgIpc) is 2.27. The van der Waals surface area contributed by atoms with Gasteiger partial charge in [-0.25, -0.2) is 0 Å². The van der Waals surface area contributed by atoms with Crippen LogP contribution in [0.25, 0.3) is 0 Å². The molecular formula is C12H16N2O. The van der Waals surface area contributed by atoms with Gasteiger partial charge in [0.25, 0.3) is 0 Å². The predicted octanol–water partition coefficient (Wildman–Crippen LogP) is 0.918. The molecule has 15 heavy (non-hydrogen) atoms. The summed E-state index contributed by atoms with van der Waals surface area (Å²) in [7, 11) is 0. The molecule has 0 saturated heterocycles. The van der Waals surface area contributed by atoms with Crippen LogP contribution in [0.2, 0.25) is 0 Å². The first-order chi connectivity index (χ1) is 7.18. The Hall–Kier alpha value is -1.35. The zero-order valence-corrected chi connectivity index (χ0v) is 8.94. The van der Waals surface area contributed by atoms with Gasteiger partial charge in [0.1, 0.15) is 0 Å². The standard InChI is InChI=1S/C12H16N2O/c1-9(12(13)15)14-7-6-10-4-2-3-5-11(10)8-14/h2-5,9H,6-8H2,1H3,(H2,13,15). The number of primary amides is 1. The van der Waals surface area contributed by atoms with Crippen molar-refractivity contribution in [3.63, 3.8) is 0 Å². The Morgan fingerprint density at radius 3 is 2.73 bits per heavy atom. The van der Waals surface area contributed by atoms with Crippen molar-refractivity contribution in [2.75, 3.05) is 6.54 Å². The molecule has 3 nitrogen and oxygen atoms in total. The Morgan fingerprint density at radius 2 is 2.07 bits per heavy atom. The molecule has 1 aliphatic rings. The van der Waals surface area contributed by atoms with E-state index in [1.54, 1.807) is 0 Å². The lowest BCUT2D eigenvalue weighted by molar-refractivity contribution is -0.123. The van der Waals surface area contributed by atoms with Crippen molar-refractivity contribution >= 4 is 5.91 Å². The van der Waals surface area contributed by atoms with E-state index in [-0.39, 0.29) is 11.9 Å². The van der Waals surface area contributed by atoms with Crippen molar-refractivity contribution in [3.05, 3.63) is 35.4 Å². The number of hydrogen-bond acceptors (Lipinski definition) is 2. The molecule has 0 fully saturated rings. The molecule has 2 N–H and O–H groups in total. The molecule has 1 atom stereocenters. The van der Waals surface area contributed by atoms with Crippen molar-refractivity contribution in [2.24, 2.45) is 5.73 Å². The highest BCUT2D eigenvalue weighted by Crippen LogP contribution is 2.19. The third-order valence-electron chi connectivity index (χ3n) is 3.12. The van der Waals surface area contributed by atoms with Gasteiger partial charge in [-0.15, -0.1) is 0 Å². The van der Waals surface area contributed by atoms with E-state index in [4.69, 9.17) is 5.73 Å². The quantitative estimate of drug-likeness (QED) is 0.778. The Kier molecular flexibility index (Phi) is 2.73. The molecule has 0 spiro atoms. The van der Waals surface area contributed by atoms with Crippen LogP contribution in [-0.2, 0) is 17.8 Å². The van der Waals surface area contributed by atoms with Gasteiger partial charge in [-0.1, -0.05) is 24.3 Å². The van der Waals surface area contributed by atoms with E-state index in [1.807, 2.05) is 13.0 Å². The van der Waals surface area contributed by atoms with Crippen LogP contribution in [0.3, 0.4) is 0 Å². The van der Waals surface area contributed by atoms with Crippen LogP contribution in [0.5, 0.6) is 0 Å². The summed E-state index contributed by atoms with van der Waals surface area (Å²) in [5, 5.41) is 0. The van der Waals surface area contributed by atoms with E-state index in [9.17, 15) is 4.79 Å². The summed E-state index contributed by atoms with van der Waals surface area (Å²) in [5.74, 6) is -0.241. The molecule has 3 heteroatoms. The van der Waals surface area contributed by atoms with Crippen LogP contribution < -0.4 is 5.73 Å². The fourth-order valence-corrected chi connectivity index (χ4v) is 2.03. The van der Waals surface area contributed by atoms with Crippen LogP contribution in [0.4, 0.5) is 0 Å². The number of nitrogens with two attached hydrogens (primary N) is 1. The van der Waals surface area contributed by atoms with Gasteiger partial charge >= 0.3 is 0 Å². The lowest BCUT2D eigenvalue weighted by Gasteiger charge is -2.31. The molecule has 1 amide bonds. The highest BCUT2D eigenvalue weighted by molar-refractivity contribution is 5.79. The van der Waals surface area contributed by atoms with Crippen molar-refractivity contribution < 1.29 is 4.79 Å². The van der Waals surface area contributed by atoms with Crippen LogP contribution in [0.1, 0.15) is 18.1 Å². The summed E-state index contributed by atoms with van der Waals surface area (Å²) in [6, 6.07) is 8.21. The Labute approximate surface area is 89.9 Å². The van der Waals surface area contributed by atoms with Gasteiger partial charge in [0, 0.05) is 13.1 Å². The summed E-state index contributed by atoms with van der Waals surface area (Å²) in [4.78, 5) is 13.2. The summed E-state index contributed by atoms with van der Waals surface area (Å²) < 4.78 is 0. The van der Waals surface area contributed by atoms with Gasteiger partial charge in [0.2, 0.25) is 5.91 Å². The second-order valence-electron chi connectivity index (χ2n) is 4.07. The first-order valence-corrected chi connectivity index (χ1v) is 5.28. The van der Waals surface area contributed by atoms with Crippen LogP contribution in [0.15, 0.2) is 24.3 Å². The van der Waals surface area contributed by atoms with Gasteiger partial charge in [-0.2, -0.15) is 0 Å². The molecule has 1 aromatic carbocycles. The number of carbonyl (C=O) groups is 1. The minimum absolute atomic E-state index is 0.168. The minimum Gasteiger partial charge on any atom is -0.368 e. The van der Waals surface area contributed by atoms with Gasteiger partial charge in [-0.05, 0) is 24.5 Å². The van der Waals surface area contributed by atoms with Crippen molar-refractivity contribution in [1.29, 1.82) is 0 Å². The number of fused-ring (bicyclic) bond motifs is 1. The number of carbonyl (C=O) groups excluding carboxylic acids is 1. The van der Waals surface area contributed by atoms with E-state index in [0.717, 1.165) is 19.5 Å². The monoisotopic (exact) mass is 204 g/mol. The molecule has 0 saturated carbocycles. The zero-order chi connectivity index (χ0) is 10.8. The zero-order valence-electron chi connectivity index (χ0n) is 8.94. The number of hydrogen-bond donors (Lipinski definition) is 1. The molecule has 0 radical (unpaired) electrons. The Bertz CT molecular complexity index is 376. The lowest BCUT2D eigenvalue weighted by atomic mass is 9.99. The Balaban J connectivity index is 2.15. The van der Waals surface area contributed by atoms with Crippen molar-refractivity contribution in [2.45, 2.75) is 25.9 Å². The fraction of sp³-hybridized carbons (Fsp3) is 0.417. The average molecular weight is 204 g/mol. The van der Waals surface area contributed by atoms with Gasteiger partial charge in [0.05, 0.1) is 6.04 Å². The van der Waals surface area contributed by atoms with Crippen molar-refractivity contribution in [3.8, 4) is 0 Å². The van der Waals surface area contributed by atoms with Crippen LogP contribution in [0, 0.1) is 0 Å². The maximum Gasteiger partial charge on any atom is 0.234 e. The summed E-state index contributed by atoms with van der Waals surface area (Å²) in [5.41, 5.74) is 8.02. The number of benzene rings is 1. The highest BCUT2D eigenvalue weighted by atomic mass is 16.1. The maximum absolute atomic E-state index is 11.1. The normalized spacial score (nSPS) is 18.2.